The summed E-state index contributed by atoms with van der Waals surface area (Å²) in [5.41, 5.74) is 4.35. The fourth-order valence-corrected chi connectivity index (χ4v) is 5.01. The number of likely N-dealkylation sites (N-methyl/N-ethyl adjacent to an activating group) is 1. The van der Waals surface area contributed by atoms with Gasteiger partial charge in [-0.05, 0) is 74.2 Å². The predicted molar refractivity (Wildman–Crippen MR) is 115 cm³/mol. The molecule has 0 bridgehead atoms. The normalized spacial score (nSPS) is 23.2. The van der Waals surface area contributed by atoms with Crippen LogP contribution in [0.1, 0.15) is 56.1 Å². The Hall–Kier alpha value is -1.88. The maximum absolute atomic E-state index is 13.1. The fourth-order valence-electron chi connectivity index (χ4n) is 4.68. The first-order valence-electron chi connectivity index (χ1n) is 10.2. The third kappa shape index (κ3) is 3.49. The molecule has 3 aliphatic rings. The summed E-state index contributed by atoms with van der Waals surface area (Å²) in [6.45, 7) is 4.45. The van der Waals surface area contributed by atoms with Crippen LogP contribution in [0.3, 0.4) is 0 Å². The second kappa shape index (κ2) is 7.63. The van der Waals surface area contributed by atoms with Crippen molar-refractivity contribution in [3.63, 3.8) is 0 Å². The second-order valence-corrected chi connectivity index (χ2v) is 8.44. The second-order valence-electron chi connectivity index (χ2n) is 8.08. The van der Waals surface area contributed by atoms with E-state index in [9.17, 15) is 4.79 Å². The lowest BCUT2D eigenvalue weighted by Gasteiger charge is -2.30. The summed E-state index contributed by atoms with van der Waals surface area (Å²) < 4.78 is 0. The summed E-state index contributed by atoms with van der Waals surface area (Å²) in [6.07, 6.45) is 10.3. The van der Waals surface area contributed by atoms with E-state index in [0.717, 1.165) is 31.5 Å². The Balaban J connectivity index is 1.58. The minimum absolute atomic E-state index is 0.0654. The van der Waals surface area contributed by atoms with Crippen LogP contribution in [0.15, 0.2) is 23.9 Å². The number of hydrogen-bond donors (Lipinski definition) is 0. The van der Waals surface area contributed by atoms with Crippen LogP contribution < -0.4 is 4.90 Å². The van der Waals surface area contributed by atoms with Crippen molar-refractivity contribution in [1.29, 1.82) is 0 Å². The van der Waals surface area contributed by atoms with Gasteiger partial charge in [0.2, 0.25) is 0 Å². The smallest absolute Gasteiger partial charge is 0.277 e. The van der Waals surface area contributed by atoms with E-state index in [0.29, 0.717) is 10.8 Å². The van der Waals surface area contributed by atoms with E-state index in [1.54, 1.807) is 0 Å². The van der Waals surface area contributed by atoms with E-state index in [-0.39, 0.29) is 11.9 Å². The molecule has 2 heterocycles. The highest BCUT2D eigenvalue weighted by Gasteiger charge is 2.40. The topological polar surface area (TPSA) is 26.8 Å². The first kappa shape index (κ1) is 18.5. The van der Waals surface area contributed by atoms with Crippen molar-refractivity contribution in [2.24, 2.45) is 0 Å². The average Bonchev–Trinajstić information content (AvgIpc) is 3.27. The van der Waals surface area contributed by atoms with Crippen LogP contribution in [0.5, 0.6) is 0 Å². The maximum Gasteiger partial charge on any atom is 0.277 e. The molecule has 144 valence electrons. The average molecular weight is 384 g/mol. The molecule has 4 rings (SSSR count). The molecule has 4 nitrogen and oxygen atoms in total. The SMILES string of the molecule is Cc1cc(/C=C2/C(=O)N(C3CCCCC3)C(=S)N2C)ccc1N1CCCC1. The molecule has 2 aliphatic heterocycles. The zero-order chi connectivity index (χ0) is 19.0. The van der Waals surface area contributed by atoms with Crippen molar-refractivity contribution in [3.8, 4) is 0 Å². The Kier molecular flexibility index (Phi) is 5.22. The summed E-state index contributed by atoms with van der Waals surface area (Å²) in [6, 6.07) is 6.78. The van der Waals surface area contributed by atoms with Gasteiger partial charge < -0.3 is 9.80 Å². The number of rotatable bonds is 3. The van der Waals surface area contributed by atoms with Gasteiger partial charge in [0.1, 0.15) is 5.70 Å². The van der Waals surface area contributed by atoms with Crippen molar-refractivity contribution in [1.82, 2.24) is 9.80 Å². The van der Waals surface area contributed by atoms with E-state index in [1.165, 1.54) is 43.4 Å². The molecular formula is C22H29N3OS. The van der Waals surface area contributed by atoms with E-state index >= 15 is 0 Å². The highest BCUT2D eigenvalue weighted by Crippen LogP contribution is 2.31. The monoisotopic (exact) mass is 383 g/mol. The van der Waals surface area contributed by atoms with Crippen LogP contribution in [0.2, 0.25) is 0 Å². The Morgan fingerprint density at radius 3 is 2.44 bits per heavy atom. The molecule has 3 fully saturated rings. The van der Waals surface area contributed by atoms with Gasteiger partial charge in [0.25, 0.3) is 5.91 Å². The minimum atomic E-state index is 0.0654. The van der Waals surface area contributed by atoms with Crippen molar-refractivity contribution < 1.29 is 4.79 Å². The molecule has 1 amide bonds. The largest absolute Gasteiger partial charge is 0.371 e. The Labute approximate surface area is 167 Å². The highest BCUT2D eigenvalue weighted by molar-refractivity contribution is 7.80. The molecule has 27 heavy (non-hydrogen) atoms. The number of aryl methyl sites for hydroxylation is 1. The van der Waals surface area contributed by atoms with Crippen LogP contribution >= 0.6 is 12.2 Å². The Morgan fingerprint density at radius 2 is 1.78 bits per heavy atom. The Morgan fingerprint density at radius 1 is 1.07 bits per heavy atom. The summed E-state index contributed by atoms with van der Waals surface area (Å²) in [5, 5.41) is 0.656. The van der Waals surface area contributed by atoms with Gasteiger partial charge in [-0.2, -0.15) is 0 Å². The molecule has 1 saturated carbocycles. The van der Waals surface area contributed by atoms with Gasteiger partial charge in [0.15, 0.2) is 5.11 Å². The molecule has 1 aromatic carbocycles. The molecule has 0 aromatic heterocycles. The molecule has 0 N–H and O–H groups in total. The highest BCUT2D eigenvalue weighted by atomic mass is 32.1. The minimum Gasteiger partial charge on any atom is -0.371 e. The third-order valence-corrected chi connectivity index (χ3v) is 6.67. The summed E-state index contributed by atoms with van der Waals surface area (Å²) in [4.78, 5) is 19.3. The molecule has 1 aromatic rings. The molecule has 2 saturated heterocycles. The van der Waals surface area contributed by atoms with Crippen molar-refractivity contribution in [2.45, 2.75) is 57.9 Å². The number of carbonyl (C=O) groups is 1. The summed E-state index contributed by atoms with van der Waals surface area (Å²) >= 11 is 5.62. The van der Waals surface area contributed by atoms with Crippen LogP contribution in [-0.2, 0) is 4.79 Å². The van der Waals surface area contributed by atoms with Crippen LogP contribution in [0.25, 0.3) is 6.08 Å². The first-order chi connectivity index (χ1) is 13.1. The molecule has 0 radical (unpaired) electrons. The number of thiocarbonyl (C=S) groups is 1. The van der Waals surface area contributed by atoms with Crippen LogP contribution in [-0.4, -0.2) is 47.0 Å². The lowest BCUT2D eigenvalue weighted by Crippen LogP contribution is -2.41. The van der Waals surface area contributed by atoms with E-state index in [1.807, 2.05) is 22.9 Å². The molecule has 5 heteroatoms. The van der Waals surface area contributed by atoms with Crippen LogP contribution in [0, 0.1) is 6.92 Å². The van der Waals surface area contributed by atoms with Gasteiger partial charge in [0, 0.05) is 31.9 Å². The van der Waals surface area contributed by atoms with E-state index in [2.05, 4.69) is 30.0 Å². The fraction of sp³-hybridized carbons (Fsp3) is 0.545. The maximum atomic E-state index is 13.1. The molecule has 0 spiro atoms. The van der Waals surface area contributed by atoms with Crippen molar-refractivity contribution in [3.05, 3.63) is 35.0 Å². The number of benzene rings is 1. The zero-order valence-corrected chi connectivity index (χ0v) is 17.2. The predicted octanol–water partition coefficient (Wildman–Crippen LogP) is 4.33. The van der Waals surface area contributed by atoms with Gasteiger partial charge in [-0.15, -0.1) is 0 Å². The number of carbonyl (C=O) groups excluding carboxylic acids is 1. The van der Waals surface area contributed by atoms with Gasteiger partial charge in [0.05, 0.1) is 0 Å². The quantitative estimate of drug-likeness (QED) is 0.573. The molecule has 0 atom stereocenters. The lowest BCUT2D eigenvalue weighted by atomic mass is 9.94. The third-order valence-electron chi connectivity index (χ3n) is 6.20. The number of amides is 1. The lowest BCUT2D eigenvalue weighted by molar-refractivity contribution is -0.124. The van der Waals surface area contributed by atoms with Gasteiger partial charge in [-0.1, -0.05) is 25.3 Å². The summed E-state index contributed by atoms with van der Waals surface area (Å²) in [7, 11) is 1.92. The molecular weight excluding hydrogens is 354 g/mol. The van der Waals surface area contributed by atoms with Crippen molar-refractivity contribution >= 4 is 35.0 Å². The molecule has 1 aliphatic carbocycles. The van der Waals surface area contributed by atoms with Gasteiger partial charge in [-0.3, -0.25) is 9.69 Å². The standard InChI is InChI=1S/C22H29N3OS/c1-16-14-17(10-11-19(16)24-12-6-7-13-24)15-20-21(26)25(22(27)23(20)2)18-8-4-3-5-9-18/h10-11,14-15,18H,3-9,12-13H2,1-2H3/b20-15-. The number of hydrogen-bond acceptors (Lipinski definition) is 3. The van der Waals surface area contributed by atoms with E-state index < -0.39 is 0 Å². The van der Waals surface area contributed by atoms with Crippen molar-refractivity contribution in [2.75, 3.05) is 25.0 Å². The first-order valence-corrected chi connectivity index (χ1v) is 10.7. The van der Waals surface area contributed by atoms with E-state index in [4.69, 9.17) is 12.2 Å². The number of anilines is 1. The Bertz CT molecular complexity index is 776. The van der Waals surface area contributed by atoms with Crippen LogP contribution in [0.4, 0.5) is 5.69 Å². The van der Waals surface area contributed by atoms with Gasteiger partial charge >= 0.3 is 0 Å². The summed E-state index contributed by atoms with van der Waals surface area (Å²) in [5.74, 6) is 0.0654. The molecule has 0 unspecified atom stereocenters. The number of nitrogens with zero attached hydrogens (tertiary/aromatic N) is 3. The van der Waals surface area contributed by atoms with Gasteiger partial charge in [-0.25, -0.2) is 0 Å². The zero-order valence-electron chi connectivity index (χ0n) is 16.4.